The van der Waals surface area contributed by atoms with E-state index in [1.165, 1.54) is 6.07 Å². The number of aromatic nitrogens is 1. The number of para-hydroxylation sites is 2. The number of carbonyl (C=O) groups is 1. The van der Waals surface area contributed by atoms with E-state index in [-0.39, 0.29) is 5.91 Å². The van der Waals surface area contributed by atoms with Crippen LogP contribution in [0.1, 0.15) is 33.3 Å². The van der Waals surface area contributed by atoms with Gasteiger partial charge in [0, 0.05) is 23.1 Å². The molecule has 6 rings (SSSR count). The fourth-order valence-corrected chi connectivity index (χ4v) is 4.97. The molecule has 32 heavy (non-hydrogen) atoms. The predicted molar refractivity (Wildman–Crippen MR) is 116 cm³/mol. The molecule has 1 unspecified atom stereocenters. The van der Waals surface area contributed by atoms with Gasteiger partial charge in [-0.25, -0.2) is 0 Å². The lowest BCUT2D eigenvalue weighted by atomic mass is 9.95. The average Bonchev–Trinajstić information content (AvgIpc) is 3.18. The summed E-state index contributed by atoms with van der Waals surface area (Å²) in [5.74, 6) is -0.113. The maximum atomic E-state index is 13.5. The Labute approximate surface area is 181 Å². The van der Waals surface area contributed by atoms with E-state index in [4.69, 9.17) is 0 Å². The molecule has 0 bridgehead atoms. The molecule has 1 N–H and O–H groups in total. The molecule has 3 aromatic carbocycles. The number of benzene rings is 3. The number of anilines is 2. The second-order valence-electron chi connectivity index (χ2n) is 8.12. The summed E-state index contributed by atoms with van der Waals surface area (Å²) in [7, 11) is 0. The molecule has 2 aliphatic rings. The minimum Gasteiger partial charge on any atom is -0.355 e. The maximum absolute atomic E-state index is 13.5. The standard InChI is InChI=1S/C25H18F3N3O/c26-25(27,28)15-6-5-7-16(14-15)31-21-11-4-2-9-19(21)24(32)30-13-12-18-17-8-1-3-10-20(17)29-22(18)23(30)31/h1-11,14,23,29H,12-13H2. The summed E-state index contributed by atoms with van der Waals surface area (Å²) in [6.45, 7) is 0.488. The summed E-state index contributed by atoms with van der Waals surface area (Å²) in [6, 6.07) is 20.3. The zero-order valence-corrected chi connectivity index (χ0v) is 16.9. The third kappa shape index (κ3) is 2.67. The second-order valence-corrected chi connectivity index (χ2v) is 8.12. The molecule has 0 radical (unpaired) electrons. The van der Waals surface area contributed by atoms with E-state index in [1.54, 1.807) is 35.2 Å². The fraction of sp³-hybridized carbons (Fsp3) is 0.160. The van der Waals surface area contributed by atoms with Gasteiger partial charge in [-0.1, -0.05) is 36.4 Å². The highest BCUT2D eigenvalue weighted by atomic mass is 19.4. The molecular weight excluding hydrogens is 415 g/mol. The van der Waals surface area contributed by atoms with Crippen LogP contribution in [0.4, 0.5) is 24.5 Å². The summed E-state index contributed by atoms with van der Waals surface area (Å²) < 4.78 is 40.5. The van der Waals surface area contributed by atoms with Crippen molar-refractivity contribution in [3.63, 3.8) is 0 Å². The zero-order chi connectivity index (χ0) is 22.0. The Morgan fingerprint density at radius 2 is 1.72 bits per heavy atom. The van der Waals surface area contributed by atoms with Gasteiger partial charge < -0.3 is 14.8 Å². The van der Waals surface area contributed by atoms with Crippen molar-refractivity contribution in [1.82, 2.24) is 9.88 Å². The number of hydrogen-bond donors (Lipinski definition) is 1. The highest BCUT2D eigenvalue weighted by Crippen LogP contribution is 2.48. The van der Waals surface area contributed by atoms with Crippen molar-refractivity contribution < 1.29 is 18.0 Å². The largest absolute Gasteiger partial charge is 0.416 e. The molecule has 160 valence electrons. The maximum Gasteiger partial charge on any atom is 0.416 e. The van der Waals surface area contributed by atoms with E-state index in [0.29, 0.717) is 29.9 Å². The summed E-state index contributed by atoms with van der Waals surface area (Å²) in [6.07, 6.45) is -4.34. The Balaban J connectivity index is 1.62. The lowest BCUT2D eigenvalue weighted by Gasteiger charge is -2.47. The van der Waals surface area contributed by atoms with Gasteiger partial charge in [-0.3, -0.25) is 4.79 Å². The Morgan fingerprint density at radius 3 is 2.56 bits per heavy atom. The van der Waals surface area contributed by atoms with Gasteiger partial charge in [0.25, 0.3) is 5.91 Å². The lowest BCUT2D eigenvalue weighted by Crippen LogP contribution is -2.50. The number of hydrogen-bond acceptors (Lipinski definition) is 2. The lowest BCUT2D eigenvalue weighted by molar-refractivity contribution is -0.137. The van der Waals surface area contributed by atoms with Crippen LogP contribution >= 0.6 is 0 Å². The van der Waals surface area contributed by atoms with Crippen molar-refractivity contribution in [2.24, 2.45) is 0 Å². The molecule has 0 spiro atoms. The molecule has 2 aliphatic heterocycles. The first-order valence-electron chi connectivity index (χ1n) is 10.4. The number of alkyl halides is 3. The first-order valence-corrected chi connectivity index (χ1v) is 10.4. The smallest absolute Gasteiger partial charge is 0.355 e. The fourth-order valence-electron chi connectivity index (χ4n) is 4.97. The highest BCUT2D eigenvalue weighted by molar-refractivity contribution is 6.04. The van der Waals surface area contributed by atoms with Gasteiger partial charge in [0.05, 0.1) is 22.5 Å². The minimum atomic E-state index is -4.46. The Hall–Kier alpha value is -3.74. The topological polar surface area (TPSA) is 39.3 Å². The zero-order valence-electron chi connectivity index (χ0n) is 16.9. The molecule has 4 nitrogen and oxygen atoms in total. The molecule has 4 aromatic rings. The van der Waals surface area contributed by atoms with Crippen molar-refractivity contribution in [3.05, 3.63) is 95.2 Å². The molecule has 1 aromatic heterocycles. The number of nitrogens with zero attached hydrogens (tertiary/aromatic N) is 2. The van der Waals surface area contributed by atoms with E-state index >= 15 is 0 Å². The number of aromatic amines is 1. The van der Waals surface area contributed by atoms with Gasteiger partial charge in [0.15, 0.2) is 6.17 Å². The van der Waals surface area contributed by atoms with E-state index in [9.17, 15) is 18.0 Å². The molecule has 0 saturated carbocycles. The van der Waals surface area contributed by atoms with E-state index < -0.39 is 17.9 Å². The van der Waals surface area contributed by atoms with Crippen LogP contribution < -0.4 is 4.90 Å². The van der Waals surface area contributed by atoms with Crippen LogP contribution in [0.3, 0.4) is 0 Å². The van der Waals surface area contributed by atoms with Crippen molar-refractivity contribution in [1.29, 1.82) is 0 Å². The third-order valence-corrected chi connectivity index (χ3v) is 6.35. The van der Waals surface area contributed by atoms with Crippen molar-refractivity contribution in [3.8, 4) is 0 Å². The Kier molecular flexibility index (Phi) is 3.93. The number of amides is 1. The molecule has 0 fully saturated rings. The van der Waals surface area contributed by atoms with Crippen LogP contribution in [0, 0.1) is 0 Å². The number of carbonyl (C=O) groups excluding carboxylic acids is 1. The van der Waals surface area contributed by atoms with Crippen LogP contribution in [-0.2, 0) is 12.6 Å². The van der Waals surface area contributed by atoms with Crippen molar-refractivity contribution >= 4 is 28.2 Å². The highest BCUT2D eigenvalue weighted by Gasteiger charge is 2.44. The molecule has 0 aliphatic carbocycles. The number of fused-ring (bicyclic) bond motifs is 6. The molecule has 1 atom stereocenters. The van der Waals surface area contributed by atoms with Gasteiger partial charge in [0.1, 0.15) is 0 Å². The number of H-pyrrole nitrogens is 1. The predicted octanol–water partition coefficient (Wildman–Crippen LogP) is 6.04. The Morgan fingerprint density at radius 1 is 0.938 bits per heavy atom. The average molecular weight is 433 g/mol. The van der Waals surface area contributed by atoms with Crippen LogP contribution in [0.5, 0.6) is 0 Å². The van der Waals surface area contributed by atoms with Gasteiger partial charge in [0.2, 0.25) is 0 Å². The van der Waals surface area contributed by atoms with Gasteiger partial charge >= 0.3 is 6.18 Å². The second kappa shape index (κ2) is 6.63. The van der Waals surface area contributed by atoms with Crippen LogP contribution in [-0.4, -0.2) is 22.3 Å². The van der Waals surface area contributed by atoms with Crippen LogP contribution in [0.15, 0.2) is 72.8 Å². The van der Waals surface area contributed by atoms with E-state index in [2.05, 4.69) is 4.98 Å². The quantitative estimate of drug-likeness (QED) is 0.398. The van der Waals surface area contributed by atoms with Crippen LogP contribution in [0.2, 0.25) is 0 Å². The summed E-state index contributed by atoms with van der Waals surface area (Å²) in [5, 5.41) is 1.08. The first kappa shape index (κ1) is 19.0. The molecule has 3 heterocycles. The first-order chi connectivity index (χ1) is 15.4. The van der Waals surface area contributed by atoms with Gasteiger partial charge in [-0.05, 0) is 48.4 Å². The van der Waals surface area contributed by atoms with E-state index in [0.717, 1.165) is 34.3 Å². The molecular formula is C25H18F3N3O. The molecule has 1 amide bonds. The van der Waals surface area contributed by atoms with Crippen LogP contribution in [0.25, 0.3) is 10.9 Å². The summed E-state index contributed by atoms with van der Waals surface area (Å²) in [5.41, 5.74) is 3.66. The summed E-state index contributed by atoms with van der Waals surface area (Å²) in [4.78, 5) is 20.4. The molecule has 0 saturated heterocycles. The van der Waals surface area contributed by atoms with Gasteiger partial charge in [-0.2, -0.15) is 13.2 Å². The number of rotatable bonds is 1. The monoisotopic (exact) mass is 433 g/mol. The third-order valence-electron chi connectivity index (χ3n) is 6.35. The van der Waals surface area contributed by atoms with Crippen molar-refractivity contribution in [2.75, 3.05) is 11.4 Å². The number of halogens is 3. The van der Waals surface area contributed by atoms with Gasteiger partial charge in [-0.15, -0.1) is 0 Å². The number of nitrogens with one attached hydrogen (secondary N) is 1. The summed E-state index contributed by atoms with van der Waals surface area (Å²) >= 11 is 0. The molecule has 7 heteroatoms. The minimum absolute atomic E-state index is 0.113. The van der Waals surface area contributed by atoms with E-state index in [1.807, 2.05) is 29.2 Å². The SMILES string of the molecule is O=C1c2ccccc2N(c2cccc(C(F)(F)F)c2)C2c3[nH]c4ccccc4c3CCN12. The Bertz CT molecular complexity index is 1370. The van der Waals surface area contributed by atoms with Crippen molar-refractivity contribution in [2.45, 2.75) is 18.8 Å². The normalized spacial score (nSPS) is 17.8.